The molecule has 2 nitrogen and oxygen atoms in total. The van der Waals surface area contributed by atoms with Crippen LogP contribution in [-0.2, 0) is 6.54 Å². The van der Waals surface area contributed by atoms with Crippen LogP contribution >= 0.6 is 11.6 Å². The molecule has 0 saturated carbocycles. The molecule has 1 heterocycles. The highest BCUT2D eigenvalue weighted by Crippen LogP contribution is 2.30. The summed E-state index contributed by atoms with van der Waals surface area (Å²) in [6.07, 6.45) is 0. The van der Waals surface area contributed by atoms with Crippen molar-refractivity contribution in [2.75, 3.05) is 7.05 Å². The van der Waals surface area contributed by atoms with Gasteiger partial charge in [0.15, 0.2) is 5.58 Å². The van der Waals surface area contributed by atoms with Gasteiger partial charge in [-0.05, 0) is 25.6 Å². The highest BCUT2D eigenvalue weighted by molar-refractivity contribution is 6.34. The molecule has 0 spiro atoms. The Balaban J connectivity index is 2.67. The van der Waals surface area contributed by atoms with E-state index in [1.165, 1.54) is 0 Å². The second-order valence-corrected chi connectivity index (χ2v) is 3.70. The summed E-state index contributed by atoms with van der Waals surface area (Å²) in [6, 6.07) is 5.81. The Labute approximate surface area is 87.9 Å². The first kappa shape index (κ1) is 9.56. The van der Waals surface area contributed by atoms with Gasteiger partial charge in [0.25, 0.3) is 0 Å². The van der Waals surface area contributed by atoms with Gasteiger partial charge in [-0.25, -0.2) is 0 Å². The Hall–Kier alpha value is -0.990. The Kier molecular flexibility index (Phi) is 2.48. The molecule has 0 unspecified atom stereocenters. The number of halogens is 1. The molecule has 74 valence electrons. The van der Waals surface area contributed by atoms with Gasteiger partial charge in [0.2, 0.25) is 0 Å². The van der Waals surface area contributed by atoms with E-state index in [0.29, 0.717) is 5.02 Å². The zero-order chi connectivity index (χ0) is 10.1. The number of aryl methyl sites for hydroxylation is 1. The van der Waals surface area contributed by atoms with Crippen molar-refractivity contribution < 1.29 is 4.42 Å². The number of nitrogens with one attached hydrogen (secondary N) is 1. The SMILES string of the molecule is CNCc1oc2c(Cl)cccc2c1C. The summed E-state index contributed by atoms with van der Waals surface area (Å²) >= 11 is 6.03. The van der Waals surface area contributed by atoms with Crippen LogP contribution in [0.25, 0.3) is 11.0 Å². The molecule has 0 atom stereocenters. The molecule has 2 rings (SSSR count). The number of hydrogen-bond donors (Lipinski definition) is 1. The standard InChI is InChI=1S/C11H12ClNO/c1-7-8-4-3-5-9(12)11(8)14-10(7)6-13-2/h3-5,13H,6H2,1-2H3. The van der Waals surface area contributed by atoms with Gasteiger partial charge < -0.3 is 9.73 Å². The lowest BCUT2D eigenvalue weighted by Gasteiger charge is -1.94. The zero-order valence-corrected chi connectivity index (χ0v) is 8.98. The van der Waals surface area contributed by atoms with Crippen LogP contribution in [0.3, 0.4) is 0 Å². The topological polar surface area (TPSA) is 25.2 Å². The summed E-state index contributed by atoms with van der Waals surface area (Å²) in [5.74, 6) is 0.954. The van der Waals surface area contributed by atoms with Crippen molar-refractivity contribution in [2.24, 2.45) is 0 Å². The van der Waals surface area contributed by atoms with E-state index in [1.54, 1.807) is 0 Å². The molecule has 0 aliphatic rings. The number of para-hydroxylation sites is 1. The third-order valence-electron chi connectivity index (χ3n) is 2.35. The number of hydrogen-bond acceptors (Lipinski definition) is 2. The quantitative estimate of drug-likeness (QED) is 0.822. The number of benzene rings is 1. The summed E-state index contributed by atoms with van der Waals surface area (Å²) < 4.78 is 5.68. The summed E-state index contributed by atoms with van der Waals surface area (Å²) in [6.45, 7) is 2.78. The largest absolute Gasteiger partial charge is 0.458 e. The maximum absolute atomic E-state index is 6.03. The van der Waals surface area contributed by atoms with E-state index in [-0.39, 0.29) is 0 Å². The molecule has 0 amide bonds. The van der Waals surface area contributed by atoms with Crippen LogP contribution in [0.4, 0.5) is 0 Å². The maximum atomic E-state index is 6.03. The molecule has 0 aliphatic heterocycles. The molecule has 0 saturated heterocycles. The Morgan fingerprint density at radius 2 is 2.21 bits per heavy atom. The van der Waals surface area contributed by atoms with Crippen LogP contribution in [0.2, 0.25) is 5.02 Å². The lowest BCUT2D eigenvalue weighted by molar-refractivity contribution is 0.527. The molecule has 1 aromatic carbocycles. The Morgan fingerprint density at radius 1 is 1.43 bits per heavy atom. The fourth-order valence-corrected chi connectivity index (χ4v) is 1.80. The third-order valence-corrected chi connectivity index (χ3v) is 2.65. The van der Waals surface area contributed by atoms with E-state index in [2.05, 4.69) is 12.2 Å². The third kappa shape index (κ3) is 1.41. The molecule has 2 aromatic rings. The van der Waals surface area contributed by atoms with Gasteiger partial charge in [-0.2, -0.15) is 0 Å². The van der Waals surface area contributed by atoms with Crippen molar-refractivity contribution in [3.05, 3.63) is 34.5 Å². The average Bonchev–Trinajstić information content (AvgIpc) is 2.48. The van der Waals surface area contributed by atoms with Gasteiger partial charge in [0.05, 0.1) is 11.6 Å². The molecule has 0 bridgehead atoms. The van der Waals surface area contributed by atoms with Crippen molar-refractivity contribution in [1.82, 2.24) is 5.32 Å². The van der Waals surface area contributed by atoms with Gasteiger partial charge in [0.1, 0.15) is 5.76 Å². The fraction of sp³-hybridized carbons (Fsp3) is 0.273. The molecular formula is C11H12ClNO. The van der Waals surface area contributed by atoms with Crippen LogP contribution in [0, 0.1) is 6.92 Å². The van der Waals surface area contributed by atoms with Gasteiger partial charge >= 0.3 is 0 Å². The van der Waals surface area contributed by atoms with E-state index in [9.17, 15) is 0 Å². The minimum atomic E-state index is 0.674. The van der Waals surface area contributed by atoms with Gasteiger partial charge in [-0.1, -0.05) is 23.7 Å². The van der Waals surface area contributed by atoms with E-state index in [1.807, 2.05) is 25.2 Å². The van der Waals surface area contributed by atoms with Gasteiger partial charge in [-0.3, -0.25) is 0 Å². The first-order chi connectivity index (χ1) is 6.74. The van der Waals surface area contributed by atoms with E-state index < -0.39 is 0 Å². The molecular weight excluding hydrogens is 198 g/mol. The Morgan fingerprint density at radius 3 is 2.86 bits per heavy atom. The lowest BCUT2D eigenvalue weighted by atomic mass is 10.1. The number of rotatable bonds is 2. The zero-order valence-electron chi connectivity index (χ0n) is 8.23. The van der Waals surface area contributed by atoms with Crippen LogP contribution in [0.5, 0.6) is 0 Å². The average molecular weight is 210 g/mol. The maximum Gasteiger partial charge on any atom is 0.153 e. The van der Waals surface area contributed by atoms with Crippen LogP contribution < -0.4 is 5.32 Å². The van der Waals surface area contributed by atoms with E-state index in [0.717, 1.165) is 28.8 Å². The molecule has 0 radical (unpaired) electrons. The lowest BCUT2D eigenvalue weighted by Crippen LogP contribution is -2.04. The molecule has 0 fully saturated rings. The molecule has 14 heavy (non-hydrogen) atoms. The number of furan rings is 1. The summed E-state index contributed by atoms with van der Waals surface area (Å²) in [7, 11) is 1.90. The van der Waals surface area contributed by atoms with Crippen LogP contribution in [-0.4, -0.2) is 7.05 Å². The second kappa shape index (κ2) is 3.64. The predicted molar refractivity (Wildman–Crippen MR) is 58.7 cm³/mol. The van der Waals surface area contributed by atoms with E-state index in [4.69, 9.17) is 16.0 Å². The molecule has 1 N–H and O–H groups in total. The first-order valence-electron chi connectivity index (χ1n) is 4.55. The van der Waals surface area contributed by atoms with Crippen molar-refractivity contribution in [2.45, 2.75) is 13.5 Å². The molecule has 1 aromatic heterocycles. The minimum Gasteiger partial charge on any atom is -0.458 e. The van der Waals surface area contributed by atoms with Gasteiger partial charge in [-0.15, -0.1) is 0 Å². The normalized spacial score (nSPS) is 11.1. The van der Waals surface area contributed by atoms with E-state index >= 15 is 0 Å². The van der Waals surface area contributed by atoms with Crippen LogP contribution in [0.15, 0.2) is 22.6 Å². The van der Waals surface area contributed by atoms with Crippen molar-refractivity contribution in [1.29, 1.82) is 0 Å². The summed E-state index contributed by atoms with van der Waals surface area (Å²) in [4.78, 5) is 0. The fourth-order valence-electron chi connectivity index (χ4n) is 1.59. The molecule has 0 aliphatic carbocycles. The van der Waals surface area contributed by atoms with Crippen molar-refractivity contribution in [3.8, 4) is 0 Å². The van der Waals surface area contributed by atoms with Crippen molar-refractivity contribution in [3.63, 3.8) is 0 Å². The molecule has 3 heteroatoms. The summed E-state index contributed by atoms with van der Waals surface area (Å²) in [5, 5.41) is 4.84. The summed E-state index contributed by atoms with van der Waals surface area (Å²) in [5.41, 5.74) is 1.95. The highest BCUT2D eigenvalue weighted by Gasteiger charge is 2.11. The number of fused-ring (bicyclic) bond motifs is 1. The monoisotopic (exact) mass is 209 g/mol. The minimum absolute atomic E-state index is 0.674. The highest BCUT2D eigenvalue weighted by atomic mass is 35.5. The van der Waals surface area contributed by atoms with Gasteiger partial charge in [0, 0.05) is 5.39 Å². The van der Waals surface area contributed by atoms with Crippen LogP contribution in [0.1, 0.15) is 11.3 Å². The second-order valence-electron chi connectivity index (χ2n) is 3.30. The van der Waals surface area contributed by atoms with Crippen molar-refractivity contribution >= 4 is 22.6 Å². The predicted octanol–water partition coefficient (Wildman–Crippen LogP) is 3.11. The Bertz CT molecular complexity index is 462. The first-order valence-corrected chi connectivity index (χ1v) is 4.93. The smallest absolute Gasteiger partial charge is 0.153 e.